The molecule has 0 aromatic heterocycles. The number of unbranched alkanes of at least 4 members (excludes halogenated alkanes) is 3. The van der Waals surface area contributed by atoms with E-state index in [-0.39, 0.29) is 6.10 Å². The van der Waals surface area contributed by atoms with Crippen molar-refractivity contribution in [3.8, 4) is 0 Å². The summed E-state index contributed by atoms with van der Waals surface area (Å²) in [7, 11) is 0. The molecule has 1 nitrogen and oxygen atoms in total. The normalized spacial score (nSPS) is 12.6. The van der Waals surface area contributed by atoms with E-state index < -0.39 is 0 Å². The molecule has 96 valence electrons. The Balaban J connectivity index is 2.38. The van der Waals surface area contributed by atoms with Crippen LogP contribution in [-0.2, 0) is 4.74 Å². The fourth-order valence-corrected chi connectivity index (χ4v) is 2.65. The van der Waals surface area contributed by atoms with Crippen LogP contribution in [0.25, 0.3) is 0 Å². The van der Waals surface area contributed by atoms with E-state index in [0.29, 0.717) is 0 Å². The highest BCUT2D eigenvalue weighted by atomic mass is 127. The average molecular weight is 367 g/mol. The lowest BCUT2D eigenvalue weighted by Crippen LogP contribution is -2.07. The van der Waals surface area contributed by atoms with Crippen molar-refractivity contribution < 1.29 is 4.74 Å². The lowest BCUT2D eigenvalue weighted by atomic mass is 10.1. The molecule has 0 aliphatic heterocycles. The minimum absolute atomic E-state index is 0.177. The fourth-order valence-electron chi connectivity index (χ4n) is 1.69. The summed E-state index contributed by atoms with van der Waals surface area (Å²) >= 11 is 8.36. The van der Waals surface area contributed by atoms with Crippen molar-refractivity contribution >= 4 is 34.2 Å². The zero-order valence-corrected chi connectivity index (χ0v) is 13.2. The zero-order valence-electron chi connectivity index (χ0n) is 10.3. The molecule has 17 heavy (non-hydrogen) atoms. The van der Waals surface area contributed by atoms with Gasteiger partial charge in [-0.05, 0) is 24.1 Å². The Labute approximate surface area is 123 Å². The third kappa shape index (κ3) is 6.07. The molecule has 0 radical (unpaired) electrons. The van der Waals surface area contributed by atoms with Gasteiger partial charge in [0.15, 0.2) is 0 Å². The topological polar surface area (TPSA) is 9.23 Å². The van der Waals surface area contributed by atoms with Crippen molar-refractivity contribution in [2.45, 2.75) is 38.7 Å². The first-order chi connectivity index (χ1) is 8.27. The van der Waals surface area contributed by atoms with Crippen LogP contribution in [0.2, 0.25) is 5.02 Å². The van der Waals surface area contributed by atoms with E-state index in [1.165, 1.54) is 24.8 Å². The highest BCUT2D eigenvalue weighted by Crippen LogP contribution is 2.23. The second-order valence-corrected chi connectivity index (χ2v) is 5.45. The summed E-state index contributed by atoms with van der Waals surface area (Å²) in [4.78, 5) is 0. The fraction of sp³-hybridized carbons (Fsp3) is 0.571. The van der Waals surface area contributed by atoms with Crippen LogP contribution in [0.3, 0.4) is 0 Å². The van der Waals surface area contributed by atoms with E-state index in [1.54, 1.807) is 0 Å². The molecule has 1 aromatic rings. The van der Waals surface area contributed by atoms with Crippen LogP contribution in [0.15, 0.2) is 24.3 Å². The molecule has 3 heteroatoms. The Hall–Kier alpha value is 0.200. The molecular weight excluding hydrogens is 347 g/mol. The Kier molecular flexibility index (Phi) is 8.23. The maximum absolute atomic E-state index is 5.99. The summed E-state index contributed by atoms with van der Waals surface area (Å²) in [5, 5.41) is 0.784. The van der Waals surface area contributed by atoms with Gasteiger partial charge in [0.1, 0.15) is 0 Å². The van der Waals surface area contributed by atoms with Crippen molar-refractivity contribution in [3.05, 3.63) is 34.9 Å². The molecule has 0 saturated heterocycles. The smallest absolute Gasteiger partial charge is 0.0914 e. The number of hydrogen-bond donors (Lipinski definition) is 0. The molecule has 0 aliphatic rings. The van der Waals surface area contributed by atoms with Crippen LogP contribution < -0.4 is 0 Å². The summed E-state index contributed by atoms with van der Waals surface area (Å²) in [6, 6.07) is 7.96. The van der Waals surface area contributed by atoms with Gasteiger partial charge >= 0.3 is 0 Å². The molecule has 0 spiro atoms. The van der Waals surface area contributed by atoms with Crippen LogP contribution in [0.5, 0.6) is 0 Å². The van der Waals surface area contributed by atoms with Gasteiger partial charge in [0.25, 0.3) is 0 Å². The molecule has 1 aromatic carbocycles. The number of rotatable bonds is 8. The maximum atomic E-state index is 5.99. The van der Waals surface area contributed by atoms with Crippen LogP contribution in [0, 0.1) is 0 Å². The molecule has 0 amide bonds. The minimum atomic E-state index is 0.177. The number of ether oxygens (including phenoxy) is 1. The van der Waals surface area contributed by atoms with Crippen molar-refractivity contribution in [1.82, 2.24) is 0 Å². The maximum Gasteiger partial charge on any atom is 0.0914 e. The molecule has 0 aliphatic carbocycles. The highest BCUT2D eigenvalue weighted by molar-refractivity contribution is 14.1. The van der Waals surface area contributed by atoms with Crippen LogP contribution in [0.1, 0.15) is 44.3 Å². The summed E-state index contributed by atoms with van der Waals surface area (Å²) in [5.74, 6) is 0. The van der Waals surface area contributed by atoms with Crippen molar-refractivity contribution in [2.75, 3.05) is 11.0 Å². The number of benzene rings is 1. The summed E-state index contributed by atoms with van der Waals surface area (Å²) < 4.78 is 6.88. The quantitative estimate of drug-likeness (QED) is 0.339. The average Bonchev–Trinajstić information content (AvgIpc) is 2.34. The first kappa shape index (κ1) is 15.3. The third-order valence-electron chi connectivity index (χ3n) is 2.68. The molecular formula is C14H20ClIO. The van der Waals surface area contributed by atoms with E-state index >= 15 is 0 Å². The SMILES string of the molecule is CCCCCCOC(CI)c1cccc(Cl)c1. The Morgan fingerprint density at radius 3 is 2.76 bits per heavy atom. The molecule has 0 heterocycles. The van der Waals surface area contributed by atoms with E-state index in [2.05, 4.69) is 35.6 Å². The Bertz CT molecular complexity index is 317. The van der Waals surface area contributed by atoms with Gasteiger partial charge in [-0.2, -0.15) is 0 Å². The highest BCUT2D eigenvalue weighted by Gasteiger charge is 2.10. The lowest BCUT2D eigenvalue weighted by molar-refractivity contribution is 0.0679. The van der Waals surface area contributed by atoms with Gasteiger partial charge in [-0.25, -0.2) is 0 Å². The molecule has 0 fully saturated rings. The van der Waals surface area contributed by atoms with Crippen LogP contribution in [0.4, 0.5) is 0 Å². The second-order valence-electron chi connectivity index (χ2n) is 4.13. The predicted octanol–water partition coefficient (Wildman–Crippen LogP) is 5.41. The molecule has 1 rings (SSSR count). The van der Waals surface area contributed by atoms with Gasteiger partial charge in [-0.3, -0.25) is 0 Å². The summed E-state index contributed by atoms with van der Waals surface area (Å²) in [5.41, 5.74) is 1.18. The predicted molar refractivity (Wildman–Crippen MR) is 83.2 cm³/mol. The van der Waals surface area contributed by atoms with Gasteiger partial charge in [0.05, 0.1) is 6.10 Å². The van der Waals surface area contributed by atoms with Crippen LogP contribution in [-0.4, -0.2) is 11.0 Å². The van der Waals surface area contributed by atoms with Gasteiger partial charge < -0.3 is 4.74 Å². The van der Waals surface area contributed by atoms with E-state index in [1.807, 2.05) is 18.2 Å². The monoisotopic (exact) mass is 366 g/mol. The second kappa shape index (κ2) is 9.17. The van der Waals surface area contributed by atoms with E-state index in [4.69, 9.17) is 16.3 Å². The molecule has 0 N–H and O–H groups in total. The molecule has 1 atom stereocenters. The Morgan fingerprint density at radius 1 is 1.29 bits per heavy atom. The zero-order chi connectivity index (χ0) is 12.5. The van der Waals surface area contributed by atoms with E-state index in [0.717, 1.165) is 22.5 Å². The summed E-state index contributed by atoms with van der Waals surface area (Å²) in [6.45, 7) is 3.07. The van der Waals surface area contributed by atoms with Crippen molar-refractivity contribution in [1.29, 1.82) is 0 Å². The van der Waals surface area contributed by atoms with Gasteiger partial charge in [-0.1, -0.05) is 72.5 Å². The molecule has 0 bridgehead atoms. The third-order valence-corrected chi connectivity index (χ3v) is 3.71. The Morgan fingerprint density at radius 2 is 2.12 bits per heavy atom. The number of hydrogen-bond acceptors (Lipinski definition) is 1. The van der Waals surface area contributed by atoms with Crippen LogP contribution >= 0.6 is 34.2 Å². The lowest BCUT2D eigenvalue weighted by Gasteiger charge is -2.16. The van der Waals surface area contributed by atoms with Crippen molar-refractivity contribution in [3.63, 3.8) is 0 Å². The minimum Gasteiger partial charge on any atom is -0.373 e. The molecule has 0 saturated carbocycles. The number of alkyl halides is 1. The first-order valence-electron chi connectivity index (χ1n) is 6.21. The van der Waals surface area contributed by atoms with Gasteiger partial charge in [0.2, 0.25) is 0 Å². The first-order valence-corrected chi connectivity index (χ1v) is 8.11. The van der Waals surface area contributed by atoms with Gasteiger partial charge in [-0.15, -0.1) is 0 Å². The largest absolute Gasteiger partial charge is 0.373 e. The van der Waals surface area contributed by atoms with Gasteiger partial charge in [0, 0.05) is 16.1 Å². The van der Waals surface area contributed by atoms with E-state index in [9.17, 15) is 0 Å². The standard InChI is InChI=1S/C14H20ClIO/c1-2-3-4-5-9-17-14(11-16)12-7-6-8-13(15)10-12/h6-8,10,14H,2-5,9,11H2,1H3. The summed E-state index contributed by atoms with van der Waals surface area (Å²) in [6.07, 6.45) is 5.16. The number of halogens is 2. The van der Waals surface area contributed by atoms with Crippen molar-refractivity contribution in [2.24, 2.45) is 0 Å². The molecule has 1 unspecified atom stereocenters.